The highest BCUT2D eigenvalue weighted by molar-refractivity contribution is 7.80. The number of hydrogen-bond donors (Lipinski definition) is 10. The maximum atomic E-state index is 12.7. The van der Waals surface area contributed by atoms with Crippen molar-refractivity contribution in [3.05, 3.63) is 0 Å². The lowest BCUT2D eigenvalue weighted by atomic mass is 10.1. The van der Waals surface area contributed by atoms with Crippen LogP contribution in [0.5, 0.6) is 0 Å². The van der Waals surface area contributed by atoms with Gasteiger partial charge in [-0.25, -0.2) is 4.79 Å². The van der Waals surface area contributed by atoms with Gasteiger partial charge in [-0.2, -0.15) is 12.6 Å². The van der Waals surface area contributed by atoms with Crippen LogP contribution < -0.4 is 44.6 Å². The molecule has 4 unspecified atom stereocenters. The summed E-state index contributed by atoms with van der Waals surface area (Å²) in [6.45, 7) is 0.104. The minimum atomic E-state index is -1.62. The van der Waals surface area contributed by atoms with Crippen molar-refractivity contribution in [1.82, 2.24) is 16.0 Å². The predicted molar refractivity (Wildman–Crippen MR) is 127 cm³/mol. The fourth-order valence-corrected chi connectivity index (χ4v) is 2.88. The number of carboxylic acids is 1. The first-order valence-corrected chi connectivity index (χ1v) is 11.0. The van der Waals surface area contributed by atoms with Crippen molar-refractivity contribution in [1.29, 1.82) is 0 Å². The van der Waals surface area contributed by atoms with E-state index in [1.165, 1.54) is 0 Å². The number of hydrogen-bond acceptors (Lipinski definition) is 9. The Morgan fingerprint density at radius 2 is 1.34 bits per heavy atom. The number of nitrogens with two attached hydrogens (primary N) is 5. The molecule has 5 amide bonds. The lowest BCUT2D eigenvalue weighted by Crippen LogP contribution is -2.57. The molecule has 35 heavy (non-hydrogen) atoms. The van der Waals surface area contributed by atoms with Crippen LogP contribution in [0.1, 0.15) is 32.1 Å². The van der Waals surface area contributed by atoms with E-state index in [1.54, 1.807) is 0 Å². The number of carboxylic acid groups (broad SMARTS) is 1. The monoisotopic (exact) mass is 519 g/mol. The third-order valence-electron chi connectivity index (χ3n) is 4.45. The van der Waals surface area contributed by atoms with Gasteiger partial charge in [0.2, 0.25) is 29.5 Å². The smallest absolute Gasteiger partial charge is 0.326 e. The number of rotatable bonds is 17. The quantitative estimate of drug-likeness (QED) is 0.0377. The lowest BCUT2D eigenvalue weighted by molar-refractivity contribution is -0.143. The number of nitrogens with zero attached hydrogens (tertiary/aromatic N) is 1. The average Bonchev–Trinajstić information content (AvgIpc) is 2.76. The number of aliphatic carboxylic acids is 1. The Balaban J connectivity index is 5.40. The summed E-state index contributed by atoms with van der Waals surface area (Å²) in [4.78, 5) is 74.7. The van der Waals surface area contributed by atoms with Crippen LogP contribution in [0.25, 0.3) is 0 Å². The second-order valence-electron chi connectivity index (χ2n) is 7.44. The van der Waals surface area contributed by atoms with Crippen LogP contribution in [0.3, 0.4) is 0 Å². The van der Waals surface area contributed by atoms with Crippen LogP contribution in [0.4, 0.5) is 0 Å². The fourth-order valence-electron chi connectivity index (χ4n) is 2.62. The van der Waals surface area contributed by atoms with Crippen molar-refractivity contribution in [3.8, 4) is 0 Å². The lowest BCUT2D eigenvalue weighted by Gasteiger charge is -2.24. The van der Waals surface area contributed by atoms with Gasteiger partial charge in [-0.15, -0.1) is 0 Å². The van der Waals surface area contributed by atoms with Crippen LogP contribution in [-0.2, 0) is 28.8 Å². The van der Waals surface area contributed by atoms with E-state index >= 15 is 0 Å². The standard InChI is InChI=1S/C18H33N9O7S/c19-8(3-4-12(20)28)14(30)27-11(7-35)16(32)25-9(2-1-5-24-18(22)23)15(31)26-10(17(33)34)6-13(21)29/h8-11,35H,1-7,19H2,(H2,20,28)(H2,21,29)(H,25,32)(H,26,31)(H,27,30)(H,33,34)(H4,22,23,24). The Bertz CT molecular complexity index is 820. The third-order valence-corrected chi connectivity index (χ3v) is 4.82. The van der Waals surface area contributed by atoms with Gasteiger partial charge in [0, 0.05) is 18.7 Å². The van der Waals surface area contributed by atoms with Crippen LogP contribution in [0.2, 0.25) is 0 Å². The molecule has 0 saturated carbocycles. The number of thiol groups is 1. The maximum absolute atomic E-state index is 12.7. The van der Waals surface area contributed by atoms with Gasteiger partial charge in [-0.3, -0.25) is 29.0 Å². The van der Waals surface area contributed by atoms with Crippen LogP contribution in [0, 0.1) is 0 Å². The first-order valence-electron chi connectivity index (χ1n) is 10.4. The topological polar surface area (TPSA) is 301 Å². The molecule has 0 rings (SSSR count). The van der Waals surface area contributed by atoms with Crippen molar-refractivity contribution in [3.63, 3.8) is 0 Å². The Kier molecular flexibility index (Phi) is 14.4. The highest BCUT2D eigenvalue weighted by atomic mass is 32.1. The molecule has 0 spiro atoms. The maximum Gasteiger partial charge on any atom is 0.326 e. The van der Waals surface area contributed by atoms with Gasteiger partial charge in [0.05, 0.1) is 12.5 Å². The van der Waals surface area contributed by atoms with Crippen molar-refractivity contribution in [2.75, 3.05) is 12.3 Å². The molecule has 0 aliphatic rings. The second kappa shape index (κ2) is 16.1. The third kappa shape index (κ3) is 13.6. The van der Waals surface area contributed by atoms with E-state index in [9.17, 15) is 33.9 Å². The van der Waals surface area contributed by atoms with Gasteiger partial charge in [-0.1, -0.05) is 0 Å². The number of amides is 5. The molecular weight excluding hydrogens is 486 g/mol. The van der Waals surface area contributed by atoms with E-state index in [1.807, 2.05) is 0 Å². The van der Waals surface area contributed by atoms with Crippen molar-refractivity contribution >= 4 is 54.1 Å². The molecule has 198 valence electrons. The molecule has 0 saturated heterocycles. The summed E-state index contributed by atoms with van der Waals surface area (Å²) < 4.78 is 0. The van der Waals surface area contributed by atoms with Crippen LogP contribution in [0.15, 0.2) is 4.99 Å². The Morgan fingerprint density at radius 3 is 1.83 bits per heavy atom. The molecule has 0 heterocycles. The molecular formula is C18H33N9O7S. The molecule has 14 N–H and O–H groups in total. The van der Waals surface area contributed by atoms with E-state index in [0.717, 1.165) is 0 Å². The van der Waals surface area contributed by atoms with Crippen LogP contribution in [-0.4, -0.2) is 83.0 Å². The second-order valence-corrected chi connectivity index (χ2v) is 7.80. The summed E-state index contributed by atoms with van der Waals surface area (Å²) in [5.41, 5.74) is 26.2. The summed E-state index contributed by atoms with van der Waals surface area (Å²) in [6, 6.07) is -5.25. The van der Waals surface area contributed by atoms with E-state index in [0.29, 0.717) is 0 Å². The summed E-state index contributed by atoms with van der Waals surface area (Å²) in [5.74, 6) is -5.97. The fraction of sp³-hybridized carbons (Fsp3) is 0.611. The minimum Gasteiger partial charge on any atom is -0.480 e. The zero-order chi connectivity index (χ0) is 27.1. The largest absolute Gasteiger partial charge is 0.480 e. The van der Waals surface area contributed by atoms with Crippen molar-refractivity contribution in [2.45, 2.75) is 56.3 Å². The molecule has 4 atom stereocenters. The summed E-state index contributed by atoms with van der Waals surface area (Å²) >= 11 is 4.02. The molecule has 0 fully saturated rings. The molecule has 0 aliphatic heterocycles. The molecule has 0 aromatic rings. The highest BCUT2D eigenvalue weighted by Crippen LogP contribution is 2.03. The van der Waals surface area contributed by atoms with Gasteiger partial charge in [0.1, 0.15) is 18.1 Å². The number of carbonyl (C=O) groups excluding carboxylic acids is 5. The molecule has 16 nitrogen and oxygen atoms in total. The first-order chi connectivity index (χ1) is 16.3. The number of carbonyl (C=O) groups is 6. The van der Waals surface area contributed by atoms with E-state index in [2.05, 4.69) is 33.6 Å². The Morgan fingerprint density at radius 1 is 0.800 bits per heavy atom. The Labute approximate surface area is 206 Å². The number of aliphatic imine (C=N–C) groups is 1. The van der Waals surface area contributed by atoms with E-state index < -0.39 is 66.1 Å². The van der Waals surface area contributed by atoms with Gasteiger partial charge in [0.15, 0.2) is 5.96 Å². The van der Waals surface area contributed by atoms with E-state index in [-0.39, 0.29) is 43.9 Å². The van der Waals surface area contributed by atoms with Crippen molar-refractivity contribution in [2.24, 2.45) is 33.7 Å². The molecule has 0 aromatic heterocycles. The van der Waals surface area contributed by atoms with Crippen LogP contribution >= 0.6 is 12.6 Å². The number of nitrogens with one attached hydrogen (secondary N) is 3. The van der Waals surface area contributed by atoms with Gasteiger partial charge in [0.25, 0.3) is 0 Å². The average molecular weight is 520 g/mol. The molecule has 0 bridgehead atoms. The van der Waals surface area contributed by atoms with Crippen molar-refractivity contribution < 1.29 is 33.9 Å². The zero-order valence-electron chi connectivity index (χ0n) is 18.9. The van der Waals surface area contributed by atoms with Gasteiger partial charge < -0.3 is 49.7 Å². The minimum absolute atomic E-state index is 0.0252. The number of primary amides is 2. The molecule has 0 aliphatic carbocycles. The van der Waals surface area contributed by atoms with Gasteiger partial charge >= 0.3 is 5.97 Å². The molecule has 0 aromatic carbocycles. The SMILES string of the molecule is NC(=O)CCC(N)C(=O)NC(CS)C(=O)NC(CCCN=C(N)N)C(=O)NC(CC(N)=O)C(=O)O. The predicted octanol–water partition coefficient (Wildman–Crippen LogP) is -5.02. The normalized spacial score (nSPS) is 13.9. The summed E-state index contributed by atoms with van der Waals surface area (Å²) in [7, 11) is 0. The first kappa shape index (κ1) is 31.4. The number of guanidine groups is 1. The zero-order valence-corrected chi connectivity index (χ0v) is 19.8. The highest BCUT2D eigenvalue weighted by Gasteiger charge is 2.30. The molecule has 17 heteroatoms. The molecule has 0 radical (unpaired) electrons. The van der Waals surface area contributed by atoms with E-state index in [4.69, 9.17) is 28.7 Å². The summed E-state index contributed by atoms with van der Waals surface area (Å²) in [5, 5.41) is 16.1. The Hall–Kier alpha value is -3.60. The summed E-state index contributed by atoms with van der Waals surface area (Å²) in [6.07, 6.45) is -0.675. The van der Waals surface area contributed by atoms with Gasteiger partial charge in [-0.05, 0) is 19.3 Å².